The van der Waals surface area contributed by atoms with Gasteiger partial charge in [-0.05, 0) is 56.5 Å². The number of likely N-dealkylation sites (N-methyl/N-ethyl adjacent to an activating group) is 1. The van der Waals surface area contributed by atoms with Gasteiger partial charge in [0.15, 0.2) is 0 Å². The van der Waals surface area contributed by atoms with Gasteiger partial charge >= 0.3 is 0 Å². The number of carbonyl (C=O) groups is 1. The minimum Gasteiger partial charge on any atom is -0.491 e. The van der Waals surface area contributed by atoms with Crippen LogP contribution in [0.25, 0.3) is 0 Å². The predicted molar refractivity (Wildman–Crippen MR) is 70.3 cm³/mol. The molecule has 0 spiro atoms. The van der Waals surface area contributed by atoms with Crippen LogP contribution < -0.4 is 15.8 Å². The van der Waals surface area contributed by atoms with Crippen molar-refractivity contribution in [2.24, 2.45) is 11.7 Å². The molecule has 0 saturated heterocycles. The van der Waals surface area contributed by atoms with E-state index in [4.69, 9.17) is 10.5 Å². The average molecular weight is 266 g/mol. The van der Waals surface area contributed by atoms with E-state index in [1.807, 2.05) is 0 Å². The first-order valence-corrected chi connectivity index (χ1v) is 6.37. The number of nitrogens with one attached hydrogen (secondary N) is 1. The Bertz CT molecular complexity index is 488. The molecule has 1 saturated carbocycles. The zero-order valence-electron chi connectivity index (χ0n) is 11.2. The van der Waals surface area contributed by atoms with Crippen molar-refractivity contribution in [1.82, 2.24) is 5.32 Å². The summed E-state index contributed by atoms with van der Waals surface area (Å²) in [6, 6.07) is 4.52. The maximum Gasteiger partial charge on any atom is 0.241 e. The Labute approximate surface area is 112 Å². The molecule has 1 aliphatic rings. The molecular weight excluding hydrogens is 247 g/mol. The van der Waals surface area contributed by atoms with Gasteiger partial charge in [-0.2, -0.15) is 0 Å². The summed E-state index contributed by atoms with van der Waals surface area (Å²) in [5.41, 5.74) is 5.18. The molecule has 1 unspecified atom stereocenters. The fraction of sp³-hybridized carbons (Fsp3) is 0.500. The van der Waals surface area contributed by atoms with E-state index in [2.05, 4.69) is 5.32 Å². The van der Waals surface area contributed by atoms with Crippen LogP contribution in [0.5, 0.6) is 5.75 Å². The summed E-state index contributed by atoms with van der Waals surface area (Å²) < 4.78 is 18.8. The number of nitrogens with two attached hydrogens (primary N) is 1. The van der Waals surface area contributed by atoms with Crippen LogP contribution in [0.3, 0.4) is 0 Å². The van der Waals surface area contributed by atoms with E-state index in [-0.39, 0.29) is 18.3 Å². The van der Waals surface area contributed by atoms with Gasteiger partial charge in [-0.25, -0.2) is 4.39 Å². The number of rotatable bonds is 6. The van der Waals surface area contributed by atoms with Gasteiger partial charge in [-0.15, -0.1) is 0 Å². The molecule has 0 heterocycles. The van der Waals surface area contributed by atoms with Crippen molar-refractivity contribution >= 4 is 5.91 Å². The summed E-state index contributed by atoms with van der Waals surface area (Å²) in [7, 11) is 1.71. The fourth-order valence-corrected chi connectivity index (χ4v) is 2.27. The molecule has 0 bridgehead atoms. The SMILES string of the molecule is CNC(COc1ccc(F)c(C)c1)(C(N)=O)C1CC1. The Morgan fingerprint density at radius 3 is 2.74 bits per heavy atom. The molecule has 3 N–H and O–H groups in total. The van der Waals surface area contributed by atoms with Crippen molar-refractivity contribution in [3.05, 3.63) is 29.6 Å². The molecule has 0 aliphatic heterocycles. The molecule has 1 fully saturated rings. The quantitative estimate of drug-likeness (QED) is 0.817. The summed E-state index contributed by atoms with van der Waals surface area (Å²) >= 11 is 0. The summed E-state index contributed by atoms with van der Waals surface area (Å²) in [5, 5.41) is 3.00. The number of benzene rings is 1. The summed E-state index contributed by atoms with van der Waals surface area (Å²) in [4.78, 5) is 11.7. The zero-order chi connectivity index (χ0) is 14.0. The second kappa shape index (κ2) is 5.17. The third-order valence-corrected chi connectivity index (χ3v) is 3.76. The lowest BCUT2D eigenvalue weighted by molar-refractivity contribution is -0.126. The topological polar surface area (TPSA) is 64.3 Å². The van der Waals surface area contributed by atoms with Crippen LogP contribution in [0.1, 0.15) is 18.4 Å². The zero-order valence-corrected chi connectivity index (χ0v) is 11.2. The maximum atomic E-state index is 13.2. The molecule has 2 rings (SSSR count). The molecule has 104 valence electrons. The fourth-order valence-electron chi connectivity index (χ4n) is 2.27. The number of carbonyl (C=O) groups excluding carboxylic acids is 1. The lowest BCUT2D eigenvalue weighted by Crippen LogP contribution is -2.59. The van der Waals surface area contributed by atoms with E-state index >= 15 is 0 Å². The Kier molecular flexibility index (Phi) is 3.75. The highest BCUT2D eigenvalue weighted by Crippen LogP contribution is 2.39. The van der Waals surface area contributed by atoms with E-state index in [0.717, 1.165) is 12.8 Å². The first-order valence-electron chi connectivity index (χ1n) is 6.37. The number of aryl methyl sites for hydroxylation is 1. The van der Waals surface area contributed by atoms with Crippen LogP contribution in [0, 0.1) is 18.7 Å². The third kappa shape index (κ3) is 2.71. The number of primary amides is 1. The van der Waals surface area contributed by atoms with Crippen LogP contribution in [-0.4, -0.2) is 25.1 Å². The molecule has 1 aromatic carbocycles. The van der Waals surface area contributed by atoms with E-state index in [0.29, 0.717) is 11.3 Å². The van der Waals surface area contributed by atoms with E-state index in [1.165, 1.54) is 6.07 Å². The minimum atomic E-state index is -0.831. The number of hydrogen-bond donors (Lipinski definition) is 2. The van der Waals surface area contributed by atoms with Gasteiger partial charge in [0, 0.05) is 0 Å². The lowest BCUT2D eigenvalue weighted by Gasteiger charge is -2.30. The third-order valence-electron chi connectivity index (χ3n) is 3.76. The number of hydrogen-bond acceptors (Lipinski definition) is 3. The Hall–Kier alpha value is -1.62. The molecule has 0 radical (unpaired) electrons. The second-order valence-electron chi connectivity index (χ2n) is 5.06. The highest BCUT2D eigenvalue weighted by Gasteiger charge is 2.49. The second-order valence-corrected chi connectivity index (χ2v) is 5.06. The largest absolute Gasteiger partial charge is 0.491 e. The Morgan fingerprint density at radius 1 is 1.58 bits per heavy atom. The Morgan fingerprint density at radius 2 is 2.26 bits per heavy atom. The monoisotopic (exact) mass is 266 g/mol. The first-order chi connectivity index (χ1) is 8.99. The van der Waals surface area contributed by atoms with Gasteiger partial charge in [0.25, 0.3) is 0 Å². The van der Waals surface area contributed by atoms with Crippen molar-refractivity contribution in [2.75, 3.05) is 13.7 Å². The summed E-state index contributed by atoms with van der Waals surface area (Å²) in [5.74, 6) is 0.0811. The van der Waals surface area contributed by atoms with Crippen LogP contribution in [-0.2, 0) is 4.79 Å². The highest BCUT2D eigenvalue weighted by molar-refractivity contribution is 5.85. The van der Waals surface area contributed by atoms with Crippen LogP contribution in [0.4, 0.5) is 4.39 Å². The van der Waals surface area contributed by atoms with Gasteiger partial charge in [-0.1, -0.05) is 0 Å². The number of ether oxygens (including phenoxy) is 1. The van der Waals surface area contributed by atoms with Crippen molar-refractivity contribution in [2.45, 2.75) is 25.3 Å². The highest BCUT2D eigenvalue weighted by atomic mass is 19.1. The summed E-state index contributed by atoms with van der Waals surface area (Å²) in [6.07, 6.45) is 1.94. The minimum absolute atomic E-state index is 0.161. The molecule has 5 heteroatoms. The first kappa shape index (κ1) is 13.8. The van der Waals surface area contributed by atoms with Crippen LogP contribution >= 0.6 is 0 Å². The van der Waals surface area contributed by atoms with Gasteiger partial charge in [0.05, 0.1) is 0 Å². The van der Waals surface area contributed by atoms with Crippen molar-refractivity contribution in [3.8, 4) is 5.75 Å². The molecule has 1 aliphatic carbocycles. The molecule has 19 heavy (non-hydrogen) atoms. The van der Waals surface area contributed by atoms with Crippen molar-refractivity contribution in [3.63, 3.8) is 0 Å². The van der Waals surface area contributed by atoms with Gasteiger partial charge in [0.2, 0.25) is 5.91 Å². The van der Waals surface area contributed by atoms with Gasteiger partial charge in [-0.3, -0.25) is 4.79 Å². The van der Waals surface area contributed by atoms with E-state index < -0.39 is 11.4 Å². The Balaban J connectivity index is 2.10. The number of amides is 1. The molecule has 0 aromatic heterocycles. The smallest absolute Gasteiger partial charge is 0.241 e. The number of halogens is 1. The van der Waals surface area contributed by atoms with Crippen LogP contribution in [0.2, 0.25) is 0 Å². The van der Waals surface area contributed by atoms with Gasteiger partial charge in [0.1, 0.15) is 23.7 Å². The standard InChI is InChI=1S/C14H19FN2O2/c1-9-7-11(5-6-12(9)15)19-8-14(17-2,13(16)18)10-3-4-10/h5-7,10,17H,3-4,8H2,1-2H3,(H2,16,18). The van der Waals surface area contributed by atoms with Gasteiger partial charge < -0.3 is 15.8 Å². The normalized spacial score (nSPS) is 17.8. The molecule has 1 atom stereocenters. The molecular formula is C14H19FN2O2. The lowest BCUT2D eigenvalue weighted by atomic mass is 9.93. The van der Waals surface area contributed by atoms with Crippen molar-refractivity contribution in [1.29, 1.82) is 0 Å². The van der Waals surface area contributed by atoms with E-state index in [9.17, 15) is 9.18 Å². The maximum absolute atomic E-state index is 13.2. The molecule has 4 nitrogen and oxygen atoms in total. The van der Waals surface area contributed by atoms with E-state index in [1.54, 1.807) is 26.1 Å². The predicted octanol–water partition coefficient (Wildman–Crippen LogP) is 1.37. The molecule has 1 amide bonds. The summed E-state index contributed by atoms with van der Waals surface area (Å²) in [6.45, 7) is 1.83. The van der Waals surface area contributed by atoms with Crippen molar-refractivity contribution < 1.29 is 13.9 Å². The molecule has 1 aromatic rings. The van der Waals surface area contributed by atoms with Crippen LogP contribution in [0.15, 0.2) is 18.2 Å². The average Bonchev–Trinajstić information content (AvgIpc) is 3.19.